The van der Waals surface area contributed by atoms with Crippen LogP contribution in [0.3, 0.4) is 0 Å². The first-order valence-corrected chi connectivity index (χ1v) is 14.4. The number of ether oxygens (including phenoxy) is 1. The van der Waals surface area contributed by atoms with E-state index in [0.29, 0.717) is 12.6 Å². The molecule has 36 heavy (non-hydrogen) atoms. The molecule has 190 valence electrons. The van der Waals surface area contributed by atoms with Crippen LogP contribution in [0, 0.1) is 0 Å². The van der Waals surface area contributed by atoms with Gasteiger partial charge in [0.05, 0.1) is 0 Å². The van der Waals surface area contributed by atoms with Crippen LogP contribution in [0.2, 0.25) is 0 Å². The number of nitrogens with zero attached hydrogens (tertiary/aromatic N) is 2. The summed E-state index contributed by atoms with van der Waals surface area (Å²) in [6.45, 7) is 8.95. The van der Waals surface area contributed by atoms with Gasteiger partial charge in [-0.15, -0.1) is 0 Å². The number of rotatable bonds is 10. The molecule has 0 bridgehead atoms. The number of benzene rings is 3. The van der Waals surface area contributed by atoms with Crippen LogP contribution in [0.5, 0.6) is 5.75 Å². The summed E-state index contributed by atoms with van der Waals surface area (Å²) in [4.78, 5) is 5.98. The summed E-state index contributed by atoms with van der Waals surface area (Å²) < 4.78 is 17.7. The van der Waals surface area contributed by atoms with Gasteiger partial charge in [0.25, 0.3) is 0 Å². The van der Waals surface area contributed by atoms with Crippen molar-refractivity contribution in [2.45, 2.75) is 50.8 Å². The van der Waals surface area contributed by atoms with E-state index in [0.717, 1.165) is 49.7 Å². The lowest BCUT2D eigenvalue weighted by Gasteiger charge is -2.39. The Morgan fingerprint density at radius 3 is 2.22 bits per heavy atom. The second-order valence-electron chi connectivity index (χ2n) is 9.81. The molecule has 5 heteroatoms. The second-order valence-corrected chi connectivity index (χ2v) is 11.2. The van der Waals surface area contributed by atoms with Crippen molar-refractivity contribution in [1.82, 2.24) is 4.90 Å². The molecule has 0 radical (unpaired) electrons. The highest BCUT2D eigenvalue weighted by molar-refractivity contribution is 7.84. The minimum Gasteiger partial charge on any atom is -0.489 e. The zero-order chi connectivity index (χ0) is 25.3. The first-order valence-electron chi connectivity index (χ1n) is 12.8. The molecule has 1 aliphatic heterocycles. The molecule has 1 heterocycles. The van der Waals surface area contributed by atoms with Gasteiger partial charge in [0, 0.05) is 59.9 Å². The van der Waals surface area contributed by atoms with Gasteiger partial charge in [-0.2, -0.15) is 0 Å². The van der Waals surface area contributed by atoms with Gasteiger partial charge in [0.15, 0.2) is 0 Å². The van der Waals surface area contributed by atoms with Gasteiger partial charge in [-0.3, -0.25) is 9.11 Å². The second kappa shape index (κ2) is 12.9. The van der Waals surface area contributed by atoms with E-state index in [1.54, 1.807) is 6.26 Å². The fourth-order valence-electron chi connectivity index (χ4n) is 4.65. The average molecular weight is 503 g/mol. The lowest BCUT2D eigenvalue weighted by molar-refractivity contribution is 0.202. The molecule has 1 atom stereocenters. The van der Waals surface area contributed by atoms with Gasteiger partial charge in [-0.05, 0) is 74.2 Å². The summed E-state index contributed by atoms with van der Waals surface area (Å²) in [5, 5.41) is 0. The summed E-state index contributed by atoms with van der Waals surface area (Å²) in [7, 11) is -0.921. The van der Waals surface area contributed by atoms with E-state index >= 15 is 0 Å². The number of anilines is 1. The zero-order valence-corrected chi connectivity index (χ0v) is 22.5. The third-order valence-electron chi connectivity index (χ3n) is 6.77. The van der Waals surface area contributed by atoms with E-state index < -0.39 is 10.8 Å². The molecule has 4 nitrogen and oxygen atoms in total. The van der Waals surface area contributed by atoms with Crippen LogP contribution >= 0.6 is 0 Å². The van der Waals surface area contributed by atoms with Crippen LogP contribution in [0.1, 0.15) is 37.8 Å². The Morgan fingerprint density at radius 2 is 1.61 bits per heavy atom. The van der Waals surface area contributed by atoms with Gasteiger partial charge < -0.3 is 9.64 Å². The molecule has 1 unspecified atom stereocenters. The maximum atomic E-state index is 11.7. The lowest BCUT2D eigenvalue weighted by Crippen LogP contribution is -2.45. The number of allylic oxidation sites excluding steroid dienone is 1. The average Bonchev–Trinajstić information content (AvgIpc) is 2.90. The largest absolute Gasteiger partial charge is 0.489 e. The predicted molar refractivity (Wildman–Crippen MR) is 151 cm³/mol. The van der Waals surface area contributed by atoms with Crippen LogP contribution in [-0.2, 0) is 24.0 Å². The monoisotopic (exact) mass is 502 g/mol. The quantitative estimate of drug-likeness (QED) is 0.299. The normalized spacial score (nSPS) is 15.3. The highest BCUT2D eigenvalue weighted by Gasteiger charge is 2.24. The maximum Gasteiger partial charge on any atom is 0.119 e. The van der Waals surface area contributed by atoms with Gasteiger partial charge >= 0.3 is 0 Å². The maximum absolute atomic E-state index is 11.7. The molecule has 0 aromatic heterocycles. The molecular weight excluding hydrogens is 464 g/mol. The Balaban J connectivity index is 1.36. The highest BCUT2D eigenvalue weighted by atomic mass is 32.2. The molecule has 0 spiro atoms. The Kier molecular flexibility index (Phi) is 9.37. The minimum atomic E-state index is -0.921. The van der Waals surface area contributed by atoms with Crippen LogP contribution in [0.4, 0.5) is 5.69 Å². The predicted octanol–water partition coefficient (Wildman–Crippen LogP) is 6.44. The number of piperidine rings is 1. The molecule has 0 N–H and O–H groups in total. The molecule has 0 saturated carbocycles. The third-order valence-corrected chi connectivity index (χ3v) is 7.71. The third kappa shape index (κ3) is 7.55. The van der Waals surface area contributed by atoms with Crippen LogP contribution in [0.25, 0.3) is 0 Å². The number of hydrogen-bond donors (Lipinski definition) is 0. The van der Waals surface area contributed by atoms with Crippen molar-refractivity contribution < 1.29 is 8.95 Å². The van der Waals surface area contributed by atoms with Gasteiger partial charge in [-0.1, -0.05) is 54.1 Å². The van der Waals surface area contributed by atoms with Crippen molar-refractivity contribution in [3.05, 3.63) is 102 Å². The Hall–Kier alpha value is -2.89. The van der Waals surface area contributed by atoms with Crippen molar-refractivity contribution in [2.75, 3.05) is 30.8 Å². The number of likely N-dealkylation sites (tertiary alicyclic amines) is 1. The fourth-order valence-corrected chi connectivity index (χ4v) is 5.17. The molecular formula is C31H38N2O2S. The highest BCUT2D eigenvalue weighted by Crippen LogP contribution is 2.27. The van der Waals surface area contributed by atoms with Gasteiger partial charge in [0.2, 0.25) is 0 Å². The Morgan fingerprint density at radius 1 is 0.944 bits per heavy atom. The van der Waals surface area contributed by atoms with Crippen molar-refractivity contribution in [3.8, 4) is 5.75 Å². The molecule has 1 fully saturated rings. The molecule has 1 saturated heterocycles. The van der Waals surface area contributed by atoms with Crippen molar-refractivity contribution >= 4 is 16.5 Å². The molecule has 4 rings (SSSR count). The standard InChI is InChI=1S/C31H38N2O2S/c1-25(2)17-22-33(28-11-13-30(14-12-28)35-24-27-7-5-4-6-8-27)29-18-20-32(21-19-29)23-26-9-15-31(16-10-26)36(3)34/h4-17,29H,18-24H2,1-3H3. The van der Waals surface area contributed by atoms with E-state index in [2.05, 4.69) is 78.3 Å². The summed E-state index contributed by atoms with van der Waals surface area (Å²) in [6, 6.07) is 27.6. The lowest BCUT2D eigenvalue weighted by atomic mass is 10.0. The summed E-state index contributed by atoms with van der Waals surface area (Å²) in [5.41, 5.74) is 5.06. The first-order chi connectivity index (χ1) is 17.5. The molecule has 0 aliphatic carbocycles. The minimum absolute atomic E-state index is 0.512. The van der Waals surface area contributed by atoms with E-state index in [9.17, 15) is 4.21 Å². The van der Waals surface area contributed by atoms with E-state index in [4.69, 9.17) is 4.74 Å². The molecule has 0 amide bonds. The van der Waals surface area contributed by atoms with Gasteiger partial charge in [0.1, 0.15) is 12.4 Å². The van der Waals surface area contributed by atoms with Crippen LogP contribution in [0.15, 0.2) is 95.4 Å². The molecule has 3 aromatic carbocycles. The fraction of sp³-hybridized carbons (Fsp3) is 0.355. The van der Waals surface area contributed by atoms with Crippen LogP contribution in [-0.4, -0.2) is 41.0 Å². The smallest absolute Gasteiger partial charge is 0.119 e. The SMILES string of the molecule is CC(C)=CCN(c1ccc(OCc2ccccc2)cc1)C1CCN(Cc2ccc(S(C)=O)cc2)CC1. The first kappa shape index (κ1) is 26.2. The number of hydrogen-bond acceptors (Lipinski definition) is 4. The van der Waals surface area contributed by atoms with Crippen molar-refractivity contribution in [1.29, 1.82) is 0 Å². The van der Waals surface area contributed by atoms with Crippen LogP contribution < -0.4 is 9.64 Å². The van der Waals surface area contributed by atoms with E-state index in [-0.39, 0.29) is 0 Å². The Labute approximate surface area is 219 Å². The summed E-state index contributed by atoms with van der Waals surface area (Å²) >= 11 is 0. The Bertz CT molecular complexity index is 1130. The molecule has 3 aromatic rings. The van der Waals surface area contributed by atoms with Gasteiger partial charge in [-0.25, -0.2) is 0 Å². The van der Waals surface area contributed by atoms with Crippen molar-refractivity contribution in [3.63, 3.8) is 0 Å². The zero-order valence-electron chi connectivity index (χ0n) is 21.7. The van der Waals surface area contributed by atoms with E-state index in [1.165, 1.54) is 22.4 Å². The molecule has 1 aliphatic rings. The van der Waals surface area contributed by atoms with Crippen molar-refractivity contribution in [2.24, 2.45) is 0 Å². The van der Waals surface area contributed by atoms with E-state index in [1.807, 2.05) is 30.3 Å². The summed E-state index contributed by atoms with van der Waals surface area (Å²) in [5.74, 6) is 0.900. The summed E-state index contributed by atoms with van der Waals surface area (Å²) in [6.07, 6.45) is 6.33. The topological polar surface area (TPSA) is 32.8 Å².